The highest BCUT2D eigenvalue weighted by molar-refractivity contribution is 5.95. The van der Waals surface area contributed by atoms with Gasteiger partial charge in [0.1, 0.15) is 11.4 Å². The molecule has 1 N–H and O–H groups in total. The Bertz CT molecular complexity index is 744. The zero-order chi connectivity index (χ0) is 15.9. The summed E-state index contributed by atoms with van der Waals surface area (Å²) in [6.07, 6.45) is 1.46. The molecular formula is C19H19NO3. The molecule has 23 heavy (non-hydrogen) atoms. The second-order valence-corrected chi connectivity index (χ2v) is 6.30. The van der Waals surface area contributed by atoms with E-state index in [4.69, 9.17) is 4.74 Å². The smallest absolute Gasteiger partial charge is 0.254 e. The van der Waals surface area contributed by atoms with E-state index in [0.717, 1.165) is 23.3 Å². The van der Waals surface area contributed by atoms with Crippen LogP contribution in [-0.2, 0) is 12.0 Å². The molecule has 1 unspecified atom stereocenters. The van der Waals surface area contributed by atoms with Crippen LogP contribution in [0, 0.1) is 0 Å². The van der Waals surface area contributed by atoms with Gasteiger partial charge in [-0.2, -0.15) is 0 Å². The average Bonchev–Trinajstić information content (AvgIpc) is 3.21. The maximum atomic E-state index is 12.7. The van der Waals surface area contributed by atoms with Crippen LogP contribution in [0.3, 0.4) is 0 Å². The van der Waals surface area contributed by atoms with Crippen molar-refractivity contribution in [3.8, 4) is 5.75 Å². The fourth-order valence-electron chi connectivity index (χ4n) is 3.43. The molecule has 0 aromatic heterocycles. The number of amides is 1. The average molecular weight is 309 g/mol. The van der Waals surface area contributed by atoms with Crippen molar-refractivity contribution in [1.29, 1.82) is 0 Å². The molecule has 1 fully saturated rings. The zero-order valence-electron chi connectivity index (χ0n) is 12.9. The quantitative estimate of drug-likeness (QED) is 0.926. The normalized spacial score (nSPS) is 22.7. The van der Waals surface area contributed by atoms with E-state index in [1.165, 1.54) is 0 Å². The van der Waals surface area contributed by atoms with Crippen LogP contribution in [0.4, 0.5) is 0 Å². The number of benzene rings is 2. The van der Waals surface area contributed by atoms with Crippen molar-refractivity contribution in [2.75, 3.05) is 19.7 Å². The largest absolute Gasteiger partial charge is 0.493 e. The van der Waals surface area contributed by atoms with Gasteiger partial charge in [-0.15, -0.1) is 0 Å². The van der Waals surface area contributed by atoms with Gasteiger partial charge in [-0.1, -0.05) is 36.4 Å². The number of β-amino-alcohol motifs (C(OH)–C–C–N with tert-alkyl or cyclic N) is 1. The summed E-state index contributed by atoms with van der Waals surface area (Å²) in [7, 11) is 0. The van der Waals surface area contributed by atoms with E-state index < -0.39 is 5.60 Å². The molecule has 1 atom stereocenters. The lowest BCUT2D eigenvalue weighted by Crippen LogP contribution is -2.34. The molecule has 0 radical (unpaired) electrons. The minimum atomic E-state index is -0.954. The first-order valence-corrected chi connectivity index (χ1v) is 7.99. The molecule has 0 aliphatic carbocycles. The van der Waals surface area contributed by atoms with Crippen molar-refractivity contribution in [2.45, 2.75) is 18.4 Å². The first kappa shape index (κ1) is 14.3. The lowest BCUT2D eigenvalue weighted by Gasteiger charge is -2.24. The second kappa shape index (κ2) is 5.39. The highest BCUT2D eigenvalue weighted by Crippen LogP contribution is 2.33. The zero-order valence-corrected chi connectivity index (χ0v) is 12.9. The molecule has 1 amide bonds. The molecule has 4 heteroatoms. The van der Waals surface area contributed by atoms with Gasteiger partial charge < -0.3 is 14.7 Å². The Morgan fingerprint density at radius 2 is 2.00 bits per heavy atom. The number of rotatable bonds is 2. The Hall–Kier alpha value is -2.33. The monoisotopic (exact) mass is 309 g/mol. The fourth-order valence-corrected chi connectivity index (χ4v) is 3.43. The Balaban J connectivity index is 1.54. The van der Waals surface area contributed by atoms with Gasteiger partial charge in [0.05, 0.1) is 13.2 Å². The number of ether oxygens (including phenoxy) is 1. The van der Waals surface area contributed by atoms with Gasteiger partial charge in [-0.25, -0.2) is 0 Å². The van der Waals surface area contributed by atoms with Crippen molar-refractivity contribution in [2.24, 2.45) is 0 Å². The number of aliphatic hydroxyl groups is 1. The summed E-state index contributed by atoms with van der Waals surface area (Å²) in [4.78, 5) is 14.5. The summed E-state index contributed by atoms with van der Waals surface area (Å²) in [5, 5.41) is 10.9. The van der Waals surface area contributed by atoms with Crippen LogP contribution in [0.2, 0.25) is 0 Å². The third-order valence-corrected chi connectivity index (χ3v) is 4.79. The molecule has 118 valence electrons. The van der Waals surface area contributed by atoms with E-state index in [-0.39, 0.29) is 5.91 Å². The van der Waals surface area contributed by atoms with Crippen LogP contribution in [0.15, 0.2) is 48.5 Å². The third kappa shape index (κ3) is 2.49. The molecule has 4 nitrogen and oxygen atoms in total. The number of hydrogen-bond donors (Lipinski definition) is 1. The van der Waals surface area contributed by atoms with Crippen LogP contribution in [0.1, 0.15) is 27.9 Å². The van der Waals surface area contributed by atoms with Crippen molar-refractivity contribution < 1.29 is 14.6 Å². The van der Waals surface area contributed by atoms with E-state index in [2.05, 4.69) is 0 Å². The number of hydrogen-bond acceptors (Lipinski definition) is 3. The third-order valence-electron chi connectivity index (χ3n) is 4.79. The van der Waals surface area contributed by atoms with Gasteiger partial charge >= 0.3 is 0 Å². The number of carbonyl (C=O) groups is 1. The Morgan fingerprint density at radius 1 is 1.17 bits per heavy atom. The fraction of sp³-hybridized carbons (Fsp3) is 0.316. The molecular weight excluding hydrogens is 290 g/mol. The molecule has 0 bridgehead atoms. The molecule has 2 aromatic rings. The number of fused-ring (bicyclic) bond motifs is 1. The molecule has 0 saturated carbocycles. The molecule has 0 spiro atoms. The van der Waals surface area contributed by atoms with Crippen LogP contribution in [0.25, 0.3) is 0 Å². The van der Waals surface area contributed by atoms with E-state index in [1.807, 2.05) is 48.5 Å². The minimum Gasteiger partial charge on any atom is -0.493 e. The predicted molar refractivity (Wildman–Crippen MR) is 86.5 cm³/mol. The highest BCUT2D eigenvalue weighted by atomic mass is 16.5. The molecule has 2 aliphatic rings. The van der Waals surface area contributed by atoms with Crippen molar-refractivity contribution in [1.82, 2.24) is 4.90 Å². The van der Waals surface area contributed by atoms with Crippen molar-refractivity contribution >= 4 is 5.91 Å². The van der Waals surface area contributed by atoms with Gasteiger partial charge in [-0.3, -0.25) is 4.79 Å². The van der Waals surface area contributed by atoms with Crippen molar-refractivity contribution in [3.63, 3.8) is 0 Å². The van der Waals surface area contributed by atoms with Gasteiger partial charge in [0, 0.05) is 18.5 Å². The molecule has 1 saturated heterocycles. The minimum absolute atomic E-state index is 0.0462. The van der Waals surface area contributed by atoms with E-state index >= 15 is 0 Å². The van der Waals surface area contributed by atoms with Gasteiger partial charge in [-0.05, 0) is 29.7 Å². The van der Waals surface area contributed by atoms with E-state index in [9.17, 15) is 9.90 Å². The second-order valence-electron chi connectivity index (χ2n) is 6.30. The molecule has 2 aromatic carbocycles. The maximum absolute atomic E-state index is 12.7. The molecule has 2 heterocycles. The molecule has 4 rings (SSSR count). The van der Waals surface area contributed by atoms with E-state index in [0.29, 0.717) is 31.7 Å². The van der Waals surface area contributed by atoms with Crippen molar-refractivity contribution in [3.05, 3.63) is 65.2 Å². The first-order valence-electron chi connectivity index (χ1n) is 7.99. The molecule has 2 aliphatic heterocycles. The Labute approximate surface area is 135 Å². The van der Waals surface area contributed by atoms with Gasteiger partial charge in [0.15, 0.2) is 0 Å². The summed E-state index contributed by atoms with van der Waals surface area (Å²) >= 11 is 0. The number of nitrogens with zero attached hydrogens (tertiary/aromatic N) is 1. The van der Waals surface area contributed by atoms with E-state index in [1.54, 1.807) is 4.90 Å². The topological polar surface area (TPSA) is 49.8 Å². The SMILES string of the molecule is O=C(c1ccc2c(c1)OCC2)N1CCC(O)(c2ccccc2)C1. The number of carbonyl (C=O) groups excluding carboxylic acids is 1. The van der Waals surface area contributed by atoms with Gasteiger partial charge in [0.25, 0.3) is 5.91 Å². The summed E-state index contributed by atoms with van der Waals surface area (Å²) in [5.74, 6) is 0.767. The lowest BCUT2D eigenvalue weighted by atomic mass is 9.93. The summed E-state index contributed by atoms with van der Waals surface area (Å²) < 4.78 is 5.54. The van der Waals surface area contributed by atoms with Crippen LogP contribution in [-0.4, -0.2) is 35.6 Å². The standard InChI is InChI=1S/C19H19NO3/c21-18(15-7-6-14-8-11-23-17(14)12-15)20-10-9-19(22,13-20)16-4-2-1-3-5-16/h1-7,12,22H,8-11,13H2. The van der Waals surface area contributed by atoms with Crippen LogP contribution < -0.4 is 4.74 Å². The number of likely N-dealkylation sites (tertiary alicyclic amines) is 1. The van der Waals surface area contributed by atoms with Crippen LogP contribution in [0.5, 0.6) is 5.75 Å². The Morgan fingerprint density at radius 3 is 2.83 bits per heavy atom. The maximum Gasteiger partial charge on any atom is 0.254 e. The summed E-state index contributed by atoms with van der Waals surface area (Å²) in [5.41, 5.74) is 1.70. The Kier molecular flexibility index (Phi) is 3.34. The summed E-state index contributed by atoms with van der Waals surface area (Å²) in [6, 6.07) is 15.2. The first-order chi connectivity index (χ1) is 11.2. The summed E-state index contributed by atoms with van der Waals surface area (Å²) in [6.45, 7) is 1.57. The predicted octanol–water partition coefficient (Wildman–Crippen LogP) is 2.36. The van der Waals surface area contributed by atoms with Crippen LogP contribution >= 0.6 is 0 Å². The lowest BCUT2D eigenvalue weighted by molar-refractivity contribution is 0.0417. The van der Waals surface area contributed by atoms with Gasteiger partial charge in [0.2, 0.25) is 0 Å². The highest BCUT2D eigenvalue weighted by Gasteiger charge is 2.39.